The Kier molecular flexibility index (Phi) is 6.38. The van der Waals surface area contributed by atoms with E-state index >= 15 is 0 Å². The molecule has 2 aromatic heterocycles. The molecule has 3 heterocycles. The zero-order chi connectivity index (χ0) is 31.0. The number of aromatic nitrogens is 2. The van der Waals surface area contributed by atoms with Crippen LogP contribution >= 0.6 is 0 Å². The largest absolute Gasteiger partial charge is 0.355 e. The van der Waals surface area contributed by atoms with Crippen LogP contribution < -0.4 is 9.80 Å². The summed E-state index contributed by atoms with van der Waals surface area (Å²) in [7, 11) is -1.77. The summed E-state index contributed by atoms with van der Waals surface area (Å²) in [6.07, 6.45) is 1.83. The number of anilines is 3. The predicted octanol–water partition coefficient (Wildman–Crippen LogP) is 8.47. The fourth-order valence-corrected chi connectivity index (χ4v) is 7.54. The average molecular weight is 601 g/mol. The summed E-state index contributed by atoms with van der Waals surface area (Å²) in [6.45, 7) is 11.4. The first kappa shape index (κ1) is 28.2. The highest BCUT2D eigenvalue weighted by molar-refractivity contribution is 7.91. The fourth-order valence-electron chi connectivity index (χ4n) is 6.22. The number of nitrogens with zero attached hydrogens (tertiary/aromatic N) is 4. The van der Waals surface area contributed by atoms with E-state index in [9.17, 15) is 8.42 Å². The first-order chi connectivity index (χ1) is 20.9. The summed E-state index contributed by atoms with van der Waals surface area (Å²) in [6, 6.07) is 29.4. The van der Waals surface area contributed by atoms with Gasteiger partial charge in [0.25, 0.3) is 0 Å². The third-order valence-corrected chi connectivity index (χ3v) is 10.6. The number of rotatable bonds is 4. The maximum absolute atomic E-state index is 14.2. The molecule has 0 radical (unpaired) electrons. The van der Waals surface area contributed by atoms with Gasteiger partial charge in [0.15, 0.2) is 0 Å². The summed E-state index contributed by atoms with van der Waals surface area (Å²) in [5.41, 5.74) is 8.42. The van der Waals surface area contributed by atoms with Crippen LogP contribution in [0.25, 0.3) is 27.6 Å². The van der Waals surface area contributed by atoms with Gasteiger partial charge in [-0.25, -0.2) is 13.4 Å². The second kappa shape index (κ2) is 9.96. The van der Waals surface area contributed by atoms with Crippen LogP contribution in [-0.4, -0.2) is 31.7 Å². The Morgan fingerprint density at radius 2 is 1.43 bits per heavy atom. The average Bonchev–Trinajstić information content (AvgIpc) is 3.51. The summed E-state index contributed by atoms with van der Waals surface area (Å²) in [4.78, 5) is 9.63. The van der Waals surface area contributed by atoms with Crippen LogP contribution in [0.3, 0.4) is 0 Å². The van der Waals surface area contributed by atoms with E-state index in [2.05, 4.69) is 86.4 Å². The zero-order valence-electron chi connectivity index (χ0n) is 26.0. The molecule has 0 atom stereocenters. The van der Waals surface area contributed by atoms with Crippen molar-refractivity contribution in [3.8, 4) is 5.82 Å². The molecule has 0 saturated carbocycles. The Morgan fingerprint density at radius 1 is 0.727 bits per heavy atom. The summed E-state index contributed by atoms with van der Waals surface area (Å²) < 4.78 is 30.6. The van der Waals surface area contributed by atoms with Crippen LogP contribution in [0.15, 0.2) is 107 Å². The van der Waals surface area contributed by atoms with Crippen molar-refractivity contribution < 1.29 is 8.42 Å². The van der Waals surface area contributed by atoms with Crippen molar-refractivity contribution in [2.75, 3.05) is 23.5 Å². The molecular formula is C37H36N4O2S. The van der Waals surface area contributed by atoms with Gasteiger partial charge in [0.2, 0.25) is 9.84 Å². The molecule has 6 nitrogen and oxygen atoms in total. The van der Waals surface area contributed by atoms with Gasteiger partial charge >= 0.3 is 0 Å². The molecule has 1 aliphatic rings. The molecule has 4 aromatic carbocycles. The summed E-state index contributed by atoms with van der Waals surface area (Å²) in [5.74, 6) is 0.766. The van der Waals surface area contributed by atoms with Crippen LogP contribution in [0, 0.1) is 13.8 Å². The van der Waals surface area contributed by atoms with Gasteiger partial charge in [-0.15, -0.1) is 0 Å². The Balaban J connectivity index is 1.36. The van der Waals surface area contributed by atoms with Gasteiger partial charge in [-0.3, -0.25) is 4.57 Å². The highest BCUT2D eigenvalue weighted by Gasteiger charge is 2.27. The van der Waals surface area contributed by atoms with Crippen molar-refractivity contribution in [3.05, 3.63) is 114 Å². The molecule has 222 valence electrons. The van der Waals surface area contributed by atoms with Gasteiger partial charge in [0.05, 0.1) is 38.9 Å². The number of fused-ring (bicyclic) bond motifs is 4. The highest BCUT2D eigenvalue weighted by Crippen LogP contribution is 2.42. The molecule has 0 amide bonds. The standard InChI is InChI=1S/C37H36N4O2S/c1-24-18-34-35(19-25(24)2)40(23-39(34)6)27-10-9-11-28(21-27)44(42,43)29-14-15-31-30-12-7-8-13-32(30)41(33(31)22-29)36-20-26(16-17-38-36)37(3,4)5/h7-22H,23H2,1-6H3. The molecule has 0 saturated heterocycles. The lowest BCUT2D eigenvalue weighted by molar-refractivity contribution is 0.588. The van der Waals surface area contributed by atoms with E-state index in [4.69, 9.17) is 4.98 Å². The van der Waals surface area contributed by atoms with Crippen LogP contribution in [0.5, 0.6) is 0 Å². The van der Waals surface area contributed by atoms with E-state index in [1.54, 1.807) is 24.3 Å². The maximum atomic E-state index is 14.2. The normalized spacial score (nSPS) is 13.7. The molecular weight excluding hydrogens is 565 g/mol. The van der Waals surface area contributed by atoms with E-state index in [0.717, 1.165) is 50.2 Å². The molecule has 0 bridgehead atoms. The second-order valence-electron chi connectivity index (χ2n) is 12.9. The first-order valence-electron chi connectivity index (χ1n) is 14.9. The molecule has 7 rings (SSSR count). The Labute approximate surface area is 259 Å². The number of hydrogen-bond donors (Lipinski definition) is 0. The lowest BCUT2D eigenvalue weighted by Gasteiger charge is -2.20. The monoisotopic (exact) mass is 600 g/mol. The predicted molar refractivity (Wildman–Crippen MR) is 180 cm³/mol. The minimum absolute atomic E-state index is 0.0574. The third kappa shape index (κ3) is 4.46. The van der Waals surface area contributed by atoms with Crippen LogP contribution in [-0.2, 0) is 15.3 Å². The van der Waals surface area contributed by atoms with Crippen molar-refractivity contribution in [2.45, 2.75) is 49.8 Å². The number of sulfone groups is 1. The van der Waals surface area contributed by atoms with E-state index in [1.165, 1.54) is 11.1 Å². The lowest BCUT2D eigenvalue weighted by atomic mass is 9.88. The van der Waals surface area contributed by atoms with Crippen LogP contribution in [0.1, 0.15) is 37.5 Å². The molecule has 0 aliphatic carbocycles. The van der Waals surface area contributed by atoms with Gasteiger partial charge in [-0.05, 0) is 96.6 Å². The Morgan fingerprint density at radius 3 is 2.20 bits per heavy atom. The Hall–Kier alpha value is -4.62. The number of hydrogen-bond acceptors (Lipinski definition) is 5. The van der Waals surface area contributed by atoms with Gasteiger partial charge in [0.1, 0.15) is 5.82 Å². The molecule has 0 fully saturated rings. The van der Waals surface area contributed by atoms with E-state index < -0.39 is 9.84 Å². The van der Waals surface area contributed by atoms with Gasteiger partial charge in [-0.2, -0.15) is 0 Å². The minimum atomic E-state index is -3.83. The third-order valence-electron chi connectivity index (χ3n) is 8.88. The molecule has 0 spiro atoms. The second-order valence-corrected chi connectivity index (χ2v) is 14.8. The van der Waals surface area contributed by atoms with E-state index in [1.807, 2.05) is 42.6 Å². The number of pyridine rings is 1. The topological polar surface area (TPSA) is 58.4 Å². The molecule has 44 heavy (non-hydrogen) atoms. The number of aryl methyl sites for hydroxylation is 2. The molecule has 0 N–H and O–H groups in total. The SMILES string of the molecule is Cc1cc2c(cc1C)N(c1cccc(S(=O)(=O)c3ccc4c5ccccc5n(-c5cc(C(C)(C)C)ccn5)c4c3)c1)CN2C. The van der Waals surface area contributed by atoms with Crippen LogP contribution in [0.2, 0.25) is 0 Å². The van der Waals surface area contributed by atoms with E-state index in [0.29, 0.717) is 6.67 Å². The summed E-state index contributed by atoms with van der Waals surface area (Å²) >= 11 is 0. The summed E-state index contributed by atoms with van der Waals surface area (Å²) in [5, 5.41) is 2.04. The van der Waals surface area contributed by atoms with Crippen molar-refractivity contribution in [2.24, 2.45) is 0 Å². The van der Waals surface area contributed by atoms with Crippen molar-refractivity contribution in [1.29, 1.82) is 0 Å². The maximum Gasteiger partial charge on any atom is 0.206 e. The molecule has 7 heteroatoms. The van der Waals surface area contributed by atoms with Crippen molar-refractivity contribution >= 4 is 48.7 Å². The zero-order valence-corrected chi connectivity index (χ0v) is 26.8. The van der Waals surface area contributed by atoms with Crippen molar-refractivity contribution in [1.82, 2.24) is 9.55 Å². The van der Waals surface area contributed by atoms with E-state index in [-0.39, 0.29) is 15.2 Å². The highest BCUT2D eigenvalue weighted by atomic mass is 32.2. The fraction of sp³-hybridized carbons (Fsp3) is 0.216. The minimum Gasteiger partial charge on any atom is -0.355 e. The smallest absolute Gasteiger partial charge is 0.206 e. The quantitative estimate of drug-likeness (QED) is 0.203. The van der Waals surface area contributed by atoms with Gasteiger partial charge in [-0.1, -0.05) is 51.1 Å². The van der Waals surface area contributed by atoms with Gasteiger partial charge in [0, 0.05) is 29.7 Å². The molecule has 6 aromatic rings. The molecule has 1 aliphatic heterocycles. The molecule has 0 unspecified atom stereocenters. The lowest BCUT2D eigenvalue weighted by Crippen LogP contribution is -2.24. The first-order valence-corrected chi connectivity index (χ1v) is 16.4. The van der Waals surface area contributed by atoms with Crippen LogP contribution in [0.4, 0.5) is 17.1 Å². The van der Waals surface area contributed by atoms with Crippen molar-refractivity contribution in [3.63, 3.8) is 0 Å². The van der Waals surface area contributed by atoms with Gasteiger partial charge < -0.3 is 9.80 Å². The number of benzene rings is 4. The Bertz CT molecular complexity index is 2210. The number of para-hydroxylation sites is 1.